The molecule has 0 bridgehead atoms. The molecule has 35 heavy (non-hydrogen) atoms. The van der Waals surface area contributed by atoms with Gasteiger partial charge in [-0.1, -0.05) is 149 Å². The number of hydrogen-bond donors (Lipinski definition) is 0. The van der Waals surface area contributed by atoms with Crippen molar-refractivity contribution in [3.8, 4) is 0 Å². The monoisotopic (exact) mass is 496 g/mol. The number of unbranched alkanes of at least 4 members (excludes halogenated alkanes) is 21. The van der Waals surface area contributed by atoms with Crippen LogP contribution in [0.5, 0.6) is 0 Å². The number of Topliss-reactive ketones (excluding diaryl/α,β-unsaturated/α-hetero) is 1. The fourth-order valence-electron chi connectivity index (χ4n) is 4.94. The van der Waals surface area contributed by atoms with E-state index in [1.54, 1.807) is 0 Å². The van der Waals surface area contributed by atoms with Crippen LogP contribution in [0.25, 0.3) is 0 Å². The lowest BCUT2D eigenvalue weighted by atomic mass is 10.0. The summed E-state index contributed by atoms with van der Waals surface area (Å²) in [5.41, 5.74) is 0. The van der Waals surface area contributed by atoms with E-state index in [0.29, 0.717) is 6.61 Å². The number of ether oxygens (including phenoxy) is 3. The highest BCUT2D eigenvalue weighted by atomic mass is 16.9. The van der Waals surface area contributed by atoms with E-state index in [2.05, 4.69) is 13.8 Å². The summed E-state index contributed by atoms with van der Waals surface area (Å²) in [5.74, 6) is -0.973. The maximum Gasteiger partial charge on any atom is 0.283 e. The maximum absolute atomic E-state index is 11.6. The van der Waals surface area contributed by atoms with Gasteiger partial charge < -0.3 is 14.2 Å². The first kappa shape index (κ1) is 32.6. The summed E-state index contributed by atoms with van der Waals surface area (Å²) in [7, 11) is 0. The molecule has 0 radical (unpaired) electrons. The Labute approximate surface area is 218 Å². The van der Waals surface area contributed by atoms with Gasteiger partial charge in [0, 0.05) is 6.42 Å². The Kier molecular flexibility index (Phi) is 22.3. The van der Waals surface area contributed by atoms with Crippen LogP contribution in [0.3, 0.4) is 0 Å². The second-order valence-electron chi connectivity index (χ2n) is 10.8. The molecule has 0 aromatic heterocycles. The molecular formula is C31H60O4. The van der Waals surface area contributed by atoms with Gasteiger partial charge in [-0.15, -0.1) is 0 Å². The highest BCUT2D eigenvalue weighted by Crippen LogP contribution is 2.27. The molecule has 1 aliphatic rings. The van der Waals surface area contributed by atoms with Gasteiger partial charge in [0.2, 0.25) is 0 Å². The Bertz CT molecular complexity index is 455. The quantitative estimate of drug-likeness (QED) is 0.112. The largest absolute Gasteiger partial charge is 0.327 e. The van der Waals surface area contributed by atoms with E-state index in [9.17, 15) is 4.79 Å². The average Bonchev–Trinajstić information content (AvgIpc) is 2.87. The van der Waals surface area contributed by atoms with Gasteiger partial charge in [-0.05, 0) is 12.8 Å². The van der Waals surface area contributed by atoms with Gasteiger partial charge in [-0.2, -0.15) is 0 Å². The smallest absolute Gasteiger partial charge is 0.283 e. The number of hydrogen-bond acceptors (Lipinski definition) is 4. The third kappa shape index (κ3) is 19.3. The molecule has 0 aromatic rings. The Hall–Kier alpha value is -0.450. The first-order chi connectivity index (χ1) is 17.2. The van der Waals surface area contributed by atoms with E-state index < -0.39 is 5.97 Å². The second kappa shape index (κ2) is 23.9. The van der Waals surface area contributed by atoms with Crippen molar-refractivity contribution in [3.05, 3.63) is 0 Å². The predicted octanol–water partition coefficient (Wildman–Crippen LogP) is 9.67. The first-order valence-corrected chi connectivity index (χ1v) is 15.7. The van der Waals surface area contributed by atoms with E-state index in [0.717, 1.165) is 19.3 Å². The zero-order valence-electron chi connectivity index (χ0n) is 23.7. The fraction of sp³-hybridized carbons (Fsp3) is 0.968. The van der Waals surface area contributed by atoms with Crippen LogP contribution in [0, 0.1) is 0 Å². The van der Waals surface area contributed by atoms with Crippen molar-refractivity contribution < 1.29 is 19.0 Å². The summed E-state index contributed by atoms with van der Waals surface area (Å²) in [4.78, 5) is 11.6. The molecule has 0 spiro atoms. The van der Waals surface area contributed by atoms with Gasteiger partial charge in [0.25, 0.3) is 5.97 Å². The highest BCUT2D eigenvalue weighted by molar-refractivity contribution is 5.81. The molecule has 0 atom stereocenters. The average molecular weight is 497 g/mol. The van der Waals surface area contributed by atoms with Gasteiger partial charge in [-0.3, -0.25) is 4.79 Å². The number of rotatable bonds is 26. The lowest BCUT2D eigenvalue weighted by Crippen LogP contribution is -2.47. The minimum absolute atomic E-state index is 0.00722. The van der Waals surface area contributed by atoms with Gasteiger partial charge in [-0.25, -0.2) is 0 Å². The molecule has 1 fully saturated rings. The number of carbonyl (C=O) groups is 1. The Balaban J connectivity index is 2.01. The standard InChI is InChI=1S/C31H60O4/c1-3-5-7-9-11-13-14-15-16-17-19-21-23-25-27-33-31(34-28-30(32)29-35-31)26-24-22-20-18-12-10-8-6-4-2/h3-29H2,1-2H3. The van der Waals surface area contributed by atoms with Crippen LogP contribution in [-0.2, 0) is 19.0 Å². The van der Waals surface area contributed by atoms with Crippen molar-refractivity contribution in [1.29, 1.82) is 0 Å². The lowest BCUT2D eigenvalue weighted by molar-refractivity contribution is -0.389. The first-order valence-electron chi connectivity index (χ1n) is 15.7. The van der Waals surface area contributed by atoms with Crippen LogP contribution in [0.2, 0.25) is 0 Å². The third-order valence-corrected chi connectivity index (χ3v) is 7.31. The van der Waals surface area contributed by atoms with Gasteiger partial charge in [0.15, 0.2) is 5.78 Å². The Morgan fingerprint density at radius 1 is 0.543 bits per heavy atom. The summed E-state index contributed by atoms with van der Waals surface area (Å²) >= 11 is 0. The van der Waals surface area contributed by atoms with Gasteiger partial charge in [0.1, 0.15) is 13.2 Å². The van der Waals surface area contributed by atoms with Crippen LogP contribution in [0.4, 0.5) is 0 Å². The minimum atomic E-state index is -0.981. The van der Waals surface area contributed by atoms with Crippen molar-refractivity contribution in [3.63, 3.8) is 0 Å². The van der Waals surface area contributed by atoms with Crippen molar-refractivity contribution in [2.45, 2.75) is 174 Å². The second-order valence-corrected chi connectivity index (χ2v) is 10.8. The van der Waals surface area contributed by atoms with Crippen molar-refractivity contribution in [2.24, 2.45) is 0 Å². The molecule has 4 nitrogen and oxygen atoms in total. The van der Waals surface area contributed by atoms with E-state index in [4.69, 9.17) is 14.2 Å². The molecule has 0 aliphatic carbocycles. The van der Waals surface area contributed by atoms with Crippen LogP contribution in [0.1, 0.15) is 168 Å². The molecule has 1 heterocycles. The molecule has 0 aromatic carbocycles. The number of carbonyl (C=O) groups excluding carboxylic acids is 1. The molecule has 1 rings (SSSR count). The molecule has 1 saturated heterocycles. The van der Waals surface area contributed by atoms with Crippen molar-refractivity contribution in [1.82, 2.24) is 0 Å². The highest BCUT2D eigenvalue weighted by Gasteiger charge is 2.37. The van der Waals surface area contributed by atoms with Gasteiger partial charge >= 0.3 is 0 Å². The Morgan fingerprint density at radius 2 is 0.886 bits per heavy atom. The molecule has 0 amide bonds. The topological polar surface area (TPSA) is 44.8 Å². The molecule has 1 aliphatic heterocycles. The Morgan fingerprint density at radius 3 is 1.29 bits per heavy atom. The summed E-state index contributed by atoms with van der Waals surface area (Å²) < 4.78 is 17.7. The van der Waals surface area contributed by atoms with Crippen LogP contribution < -0.4 is 0 Å². The van der Waals surface area contributed by atoms with Gasteiger partial charge in [0.05, 0.1) is 6.61 Å². The lowest BCUT2D eigenvalue weighted by Gasteiger charge is -2.36. The minimum Gasteiger partial charge on any atom is -0.327 e. The maximum atomic E-state index is 11.6. The molecule has 0 saturated carbocycles. The number of ketones is 1. The molecule has 208 valence electrons. The normalized spacial score (nSPS) is 15.7. The molecule has 0 N–H and O–H groups in total. The van der Waals surface area contributed by atoms with Crippen LogP contribution >= 0.6 is 0 Å². The summed E-state index contributed by atoms with van der Waals surface area (Å²) in [6.45, 7) is 5.45. The predicted molar refractivity (Wildman–Crippen MR) is 148 cm³/mol. The SMILES string of the molecule is CCCCCCCCCCCCCCCCOC1(CCCCCCCCCCC)OCC(=O)CO1. The van der Waals surface area contributed by atoms with E-state index >= 15 is 0 Å². The third-order valence-electron chi connectivity index (χ3n) is 7.31. The van der Waals surface area contributed by atoms with E-state index in [1.807, 2.05) is 0 Å². The van der Waals surface area contributed by atoms with E-state index in [-0.39, 0.29) is 19.0 Å². The molecule has 4 heteroatoms. The molecule has 0 unspecified atom stereocenters. The summed E-state index contributed by atoms with van der Waals surface area (Å²) in [6, 6.07) is 0. The van der Waals surface area contributed by atoms with Crippen LogP contribution in [0.15, 0.2) is 0 Å². The summed E-state index contributed by atoms with van der Waals surface area (Å²) in [6.07, 6.45) is 31.2. The fourth-order valence-corrected chi connectivity index (χ4v) is 4.94. The molecular weight excluding hydrogens is 436 g/mol. The van der Waals surface area contributed by atoms with Crippen LogP contribution in [-0.4, -0.2) is 31.6 Å². The zero-order chi connectivity index (χ0) is 25.3. The zero-order valence-corrected chi connectivity index (χ0v) is 23.7. The van der Waals surface area contributed by atoms with E-state index in [1.165, 1.54) is 135 Å². The summed E-state index contributed by atoms with van der Waals surface area (Å²) in [5, 5.41) is 0. The van der Waals surface area contributed by atoms with Crippen molar-refractivity contribution in [2.75, 3.05) is 19.8 Å². The van der Waals surface area contributed by atoms with Crippen molar-refractivity contribution >= 4 is 5.78 Å².